The first-order valence-electron chi connectivity index (χ1n) is 9.39. The van der Waals surface area contributed by atoms with Gasteiger partial charge >= 0.3 is 6.18 Å². The van der Waals surface area contributed by atoms with Gasteiger partial charge in [0.05, 0.1) is 18.0 Å². The number of alkyl halides is 3. The summed E-state index contributed by atoms with van der Waals surface area (Å²) in [5.41, 5.74) is 6.70. The third kappa shape index (κ3) is 3.74. The maximum atomic E-state index is 13.0. The van der Waals surface area contributed by atoms with Crippen LogP contribution in [0.1, 0.15) is 36.3 Å². The Morgan fingerprint density at radius 2 is 2.00 bits per heavy atom. The molecule has 1 aromatic heterocycles. The molecular weight excluding hydrogens is 397 g/mol. The van der Waals surface area contributed by atoms with Gasteiger partial charge in [-0.25, -0.2) is 0 Å². The third-order valence-corrected chi connectivity index (χ3v) is 5.30. The van der Waals surface area contributed by atoms with Gasteiger partial charge in [-0.2, -0.15) is 18.2 Å². The van der Waals surface area contributed by atoms with Gasteiger partial charge in [0.25, 0.3) is 0 Å². The lowest BCUT2D eigenvalue weighted by atomic mass is 9.85. The summed E-state index contributed by atoms with van der Waals surface area (Å²) in [6.45, 7) is 2.23. The molecule has 0 saturated heterocycles. The van der Waals surface area contributed by atoms with Crippen LogP contribution in [0, 0.1) is 0 Å². The number of hydrogen-bond acceptors (Lipinski definition) is 5. The van der Waals surface area contributed by atoms with Crippen molar-refractivity contribution in [3.8, 4) is 11.4 Å². The van der Waals surface area contributed by atoms with E-state index < -0.39 is 11.7 Å². The van der Waals surface area contributed by atoms with E-state index in [0.29, 0.717) is 6.42 Å². The number of benzene rings is 2. The summed E-state index contributed by atoms with van der Waals surface area (Å²) < 4.78 is 44.2. The van der Waals surface area contributed by atoms with E-state index in [1.54, 1.807) is 0 Å². The second-order valence-electron chi connectivity index (χ2n) is 7.32. The molecule has 0 unspecified atom stereocenters. The largest absolute Gasteiger partial charge is 0.416 e. The zero-order valence-electron chi connectivity index (χ0n) is 16.1. The standard InChI is InChI=1S/C21H19F3N4O2/c1-12-9-16(19(25)29)15-7-2-3-8-17(15)28(12)11-18-26-20(27-30-18)13-5-4-6-14(10-13)21(22,23)24/h2-8,10,12,16H,9,11H2,1H3,(H2,25,29)/t12-,16-/m0/s1. The van der Waals surface area contributed by atoms with Crippen LogP contribution in [0.4, 0.5) is 18.9 Å². The second-order valence-corrected chi connectivity index (χ2v) is 7.32. The van der Waals surface area contributed by atoms with Gasteiger partial charge < -0.3 is 15.2 Å². The SMILES string of the molecule is C[C@H]1C[C@H](C(N)=O)c2ccccc2N1Cc1nc(-c2cccc(C(F)(F)F)c2)no1. The van der Waals surface area contributed by atoms with Crippen LogP contribution in [0.25, 0.3) is 11.4 Å². The number of carbonyl (C=O) groups is 1. The van der Waals surface area contributed by atoms with Crippen LogP contribution in [0.2, 0.25) is 0 Å². The number of hydrogen-bond donors (Lipinski definition) is 1. The van der Waals surface area contributed by atoms with Crippen LogP contribution in [-0.2, 0) is 17.5 Å². The van der Waals surface area contributed by atoms with Gasteiger partial charge in [0.15, 0.2) is 0 Å². The van der Waals surface area contributed by atoms with E-state index in [4.69, 9.17) is 10.3 Å². The van der Waals surface area contributed by atoms with Crippen LogP contribution in [-0.4, -0.2) is 22.1 Å². The van der Waals surface area contributed by atoms with Crippen molar-refractivity contribution in [2.45, 2.75) is 38.0 Å². The van der Waals surface area contributed by atoms with Gasteiger partial charge in [-0.15, -0.1) is 0 Å². The fourth-order valence-electron chi connectivity index (χ4n) is 3.80. The quantitative estimate of drug-likeness (QED) is 0.692. The molecule has 1 amide bonds. The van der Waals surface area contributed by atoms with E-state index in [-0.39, 0.29) is 41.7 Å². The maximum absolute atomic E-state index is 13.0. The zero-order valence-corrected chi connectivity index (χ0v) is 16.1. The fourth-order valence-corrected chi connectivity index (χ4v) is 3.80. The number of rotatable bonds is 4. The summed E-state index contributed by atoms with van der Waals surface area (Å²) in [4.78, 5) is 18.2. The number of nitrogens with zero attached hydrogens (tertiary/aromatic N) is 3. The smallest absolute Gasteiger partial charge is 0.369 e. The molecule has 9 heteroatoms. The van der Waals surface area contributed by atoms with Crippen molar-refractivity contribution in [3.05, 3.63) is 65.5 Å². The van der Waals surface area contributed by atoms with Crippen LogP contribution < -0.4 is 10.6 Å². The Kier molecular flexibility index (Phi) is 4.97. The van der Waals surface area contributed by atoms with Crippen molar-refractivity contribution in [1.82, 2.24) is 10.1 Å². The lowest BCUT2D eigenvalue weighted by molar-refractivity contribution is -0.137. The minimum Gasteiger partial charge on any atom is -0.369 e. The molecule has 156 valence electrons. The molecule has 0 saturated carbocycles. The number of primary amides is 1. The maximum Gasteiger partial charge on any atom is 0.416 e. The van der Waals surface area contributed by atoms with Crippen molar-refractivity contribution in [2.75, 3.05) is 4.90 Å². The van der Waals surface area contributed by atoms with E-state index in [9.17, 15) is 18.0 Å². The molecule has 6 nitrogen and oxygen atoms in total. The number of aromatic nitrogens is 2. The highest BCUT2D eigenvalue weighted by molar-refractivity contribution is 5.85. The first-order valence-corrected chi connectivity index (χ1v) is 9.39. The summed E-state index contributed by atoms with van der Waals surface area (Å²) in [5.74, 6) is -0.403. The van der Waals surface area contributed by atoms with E-state index in [1.165, 1.54) is 12.1 Å². The molecule has 3 aromatic rings. The Morgan fingerprint density at radius 1 is 1.23 bits per heavy atom. The van der Waals surface area contributed by atoms with Gasteiger partial charge in [-0.1, -0.05) is 35.5 Å². The van der Waals surface area contributed by atoms with Gasteiger partial charge in [-0.3, -0.25) is 4.79 Å². The van der Waals surface area contributed by atoms with E-state index in [1.807, 2.05) is 36.1 Å². The van der Waals surface area contributed by atoms with E-state index >= 15 is 0 Å². The fraction of sp³-hybridized carbons (Fsp3) is 0.286. The number of amides is 1. The second kappa shape index (κ2) is 7.47. The van der Waals surface area contributed by atoms with E-state index in [0.717, 1.165) is 23.4 Å². The molecule has 2 aromatic carbocycles. The van der Waals surface area contributed by atoms with Crippen molar-refractivity contribution in [2.24, 2.45) is 5.73 Å². The van der Waals surface area contributed by atoms with Gasteiger partial charge in [0.2, 0.25) is 17.6 Å². The minimum absolute atomic E-state index is 0.0266. The summed E-state index contributed by atoms with van der Waals surface area (Å²) in [6.07, 6.45) is -3.91. The zero-order chi connectivity index (χ0) is 21.5. The molecule has 0 aliphatic carbocycles. The van der Waals surface area contributed by atoms with Gasteiger partial charge in [0, 0.05) is 17.3 Å². The summed E-state index contributed by atoms with van der Waals surface area (Å²) >= 11 is 0. The third-order valence-electron chi connectivity index (χ3n) is 5.30. The summed E-state index contributed by atoms with van der Waals surface area (Å²) in [7, 11) is 0. The Labute approximate surface area is 170 Å². The normalized spacial score (nSPS) is 18.9. The molecule has 2 heterocycles. The highest BCUT2D eigenvalue weighted by Gasteiger charge is 2.34. The number of nitrogens with two attached hydrogens (primary N) is 1. The van der Waals surface area contributed by atoms with Crippen LogP contribution in [0.3, 0.4) is 0 Å². The van der Waals surface area contributed by atoms with Crippen LogP contribution >= 0.6 is 0 Å². The Balaban J connectivity index is 1.61. The number of fused-ring (bicyclic) bond motifs is 1. The molecule has 0 spiro atoms. The number of anilines is 1. The molecule has 1 aliphatic heterocycles. The molecule has 0 fully saturated rings. The molecule has 0 radical (unpaired) electrons. The van der Waals surface area contributed by atoms with Crippen LogP contribution in [0.15, 0.2) is 53.1 Å². The molecule has 2 N–H and O–H groups in total. The Bertz CT molecular complexity index is 1080. The van der Waals surface area contributed by atoms with Gasteiger partial charge in [0.1, 0.15) is 0 Å². The monoisotopic (exact) mass is 416 g/mol. The topological polar surface area (TPSA) is 85.3 Å². The average Bonchev–Trinajstić information content (AvgIpc) is 3.18. The summed E-state index contributed by atoms with van der Waals surface area (Å²) in [6, 6.07) is 12.2. The number of para-hydroxylation sites is 1. The molecule has 30 heavy (non-hydrogen) atoms. The van der Waals surface area contributed by atoms with Crippen molar-refractivity contribution in [1.29, 1.82) is 0 Å². The number of halogens is 3. The van der Waals surface area contributed by atoms with Crippen molar-refractivity contribution < 1.29 is 22.5 Å². The van der Waals surface area contributed by atoms with Crippen molar-refractivity contribution in [3.63, 3.8) is 0 Å². The Hall–Kier alpha value is -3.36. The lowest BCUT2D eigenvalue weighted by Gasteiger charge is -2.39. The highest BCUT2D eigenvalue weighted by atomic mass is 19.4. The Morgan fingerprint density at radius 3 is 2.73 bits per heavy atom. The molecule has 0 bridgehead atoms. The predicted molar refractivity (Wildman–Crippen MR) is 103 cm³/mol. The molecule has 1 aliphatic rings. The van der Waals surface area contributed by atoms with Crippen molar-refractivity contribution >= 4 is 11.6 Å². The molecule has 4 rings (SSSR count). The van der Waals surface area contributed by atoms with Gasteiger partial charge in [-0.05, 0) is 37.1 Å². The summed E-state index contributed by atoms with van der Waals surface area (Å²) in [5, 5.41) is 3.85. The predicted octanol–water partition coefficient (Wildman–Crippen LogP) is 4.12. The van der Waals surface area contributed by atoms with Crippen LogP contribution in [0.5, 0.6) is 0 Å². The lowest BCUT2D eigenvalue weighted by Crippen LogP contribution is -2.41. The minimum atomic E-state index is -4.45. The average molecular weight is 416 g/mol. The molecular formula is C21H19F3N4O2. The first-order chi connectivity index (χ1) is 14.2. The highest BCUT2D eigenvalue weighted by Crippen LogP contribution is 2.39. The molecule has 2 atom stereocenters. The number of carbonyl (C=O) groups excluding carboxylic acids is 1. The first kappa shape index (κ1) is 19.9. The van der Waals surface area contributed by atoms with E-state index in [2.05, 4.69) is 10.1 Å².